The van der Waals surface area contributed by atoms with Gasteiger partial charge in [-0.25, -0.2) is 0 Å². The molecule has 1 unspecified atom stereocenters. The van der Waals surface area contributed by atoms with Crippen molar-refractivity contribution in [3.8, 4) is 5.75 Å². The largest absolute Gasteiger partial charge is 0.508 e. The van der Waals surface area contributed by atoms with Crippen molar-refractivity contribution in [1.29, 1.82) is 0 Å². The number of aromatic hydroxyl groups is 1. The van der Waals surface area contributed by atoms with Gasteiger partial charge in [0.2, 0.25) is 0 Å². The fourth-order valence-electron chi connectivity index (χ4n) is 1.25. The van der Waals surface area contributed by atoms with E-state index in [2.05, 4.69) is 0 Å². The second-order valence-electron chi connectivity index (χ2n) is 3.53. The third-order valence-electron chi connectivity index (χ3n) is 2.11. The third-order valence-corrected chi connectivity index (χ3v) is 2.11. The summed E-state index contributed by atoms with van der Waals surface area (Å²) < 4.78 is 4.86. The van der Waals surface area contributed by atoms with Crippen LogP contribution in [-0.2, 0) is 9.53 Å². The Morgan fingerprint density at radius 3 is 2.56 bits per heavy atom. The maximum atomic E-state index is 11.2. The summed E-state index contributed by atoms with van der Waals surface area (Å²) in [5.41, 5.74) is 0.589. The topological polar surface area (TPSA) is 66.8 Å². The zero-order chi connectivity index (χ0) is 12.0. The van der Waals surface area contributed by atoms with Crippen LogP contribution in [0, 0.1) is 0 Å². The first-order valence-electron chi connectivity index (χ1n) is 5.26. The van der Waals surface area contributed by atoms with E-state index in [9.17, 15) is 9.90 Å². The molecule has 16 heavy (non-hydrogen) atoms. The standard InChI is InChI=1S/C12H16O4/c1-2-7-16-12(15)8-11(14)9-3-5-10(13)6-4-9/h3-6,11,13-14H,2,7-8H2,1H3. The summed E-state index contributed by atoms with van der Waals surface area (Å²) in [7, 11) is 0. The lowest BCUT2D eigenvalue weighted by Crippen LogP contribution is -2.10. The molecule has 0 aliphatic carbocycles. The molecule has 1 rings (SSSR count). The second kappa shape index (κ2) is 6.12. The van der Waals surface area contributed by atoms with E-state index in [4.69, 9.17) is 9.84 Å². The number of phenolic OH excluding ortho intramolecular Hbond substituents is 1. The molecule has 1 aromatic carbocycles. The molecule has 4 nitrogen and oxygen atoms in total. The second-order valence-corrected chi connectivity index (χ2v) is 3.53. The molecule has 0 aromatic heterocycles. The highest BCUT2D eigenvalue weighted by Crippen LogP contribution is 2.19. The van der Waals surface area contributed by atoms with Crippen molar-refractivity contribution in [3.63, 3.8) is 0 Å². The Kier molecular flexibility index (Phi) is 4.79. The summed E-state index contributed by atoms with van der Waals surface area (Å²) in [6.07, 6.45) is -0.184. The Balaban J connectivity index is 2.48. The summed E-state index contributed by atoms with van der Waals surface area (Å²) in [5.74, 6) is -0.285. The number of phenols is 1. The number of benzene rings is 1. The van der Waals surface area contributed by atoms with E-state index in [1.165, 1.54) is 12.1 Å². The number of ether oxygens (including phenoxy) is 1. The van der Waals surface area contributed by atoms with E-state index < -0.39 is 12.1 Å². The van der Waals surface area contributed by atoms with Gasteiger partial charge in [0.15, 0.2) is 0 Å². The SMILES string of the molecule is CCCOC(=O)CC(O)c1ccc(O)cc1. The molecular weight excluding hydrogens is 208 g/mol. The number of aliphatic hydroxyl groups is 1. The van der Waals surface area contributed by atoms with Crippen LogP contribution in [0.15, 0.2) is 24.3 Å². The molecule has 0 aliphatic rings. The molecule has 0 radical (unpaired) electrons. The van der Waals surface area contributed by atoms with E-state index >= 15 is 0 Å². The minimum absolute atomic E-state index is 0.0647. The van der Waals surface area contributed by atoms with E-state index in [-0.39, 0.29) is 12.2 Å². The van der Waals surface area contributed by atoms with Crippen LogP contribution in [0.5, 0.6) is 5.75 Å². The minimum Gasteiger partial charge on any atom is -0.508 e. The van der Waals surface area contributed by atoms with Crippen LogP contribution in [0.25, 0.3) is 0 Å². The van der Waals surface area contributed by atoms with Gasteiger partial charge < -0.3 is 14.9 Å². The van der Waals surface area contributed by atoms with Crippen molar-refractivity contribution < 1.29 is 19.7 Å². The number of esters is 1. The summed E-state index contributed by atoms with van der Waals surface area (Å²) in [5, 5.41) is 18.8. The molecule has 0 saturated carbocycles. The molecule has 1 aromatic rings. The smallest absolute Gasteiger partial charge is 0.308 e. The first kappa shape index (κ1) is 12.5. The van der Waals surface area contributed by atoms with Gasteiger partial charge >= 0.3 is 5.97 Å². The maximum Gasteiger partial charge on any atom is 0.308 e. The molecule has 1 atom stereocenters. The summed E-state index contributed by atoms with van der Waals surface area (Å²) >= 11 is 0. The zero-order valence-corrected chi connectivity index (χ0v) is 9.22. The van der Waals surface area contributed by atoms with E-state index in [1.54, 1.807) is 12.1 Å². The van der Waals surface area contributed by atoms with Gasteiger partial charge in [-0.3, -0.25) is 4.79 Å². The number of rotatable bonds is 5. The lowest BCUT2D eigenvalue weighted by Gasteiger charge is -2.10. The molecule has 0 fully saturated rings. The average molecular weight is 224 g/mol. The van der Waals surface area contributed by atoms with Gasteiger partial charge in [-0.2, -0.15) is 0 Å². The molecule has 0 saturated heterocycles. The normalized spacial score (nSPS) is 12.1. The molecule has 0 spiro atoms. The molecule has 0 heterocycles. The van der Waals surface area contributed by atoms with Crippen LogP contribution in [0.1, 0.15) is 31.4 Å². The van der Waals surface area contributed by atoms with E-state index in [0.717, 1.165) is 6.42 Å². The lowest BCUT2D eigenvalue weighted by atomic mass is 10.1. The van der Waals surface area contributed by atoms with Crippen molar-refractivity contribution in [2.24, 2.45) is 0 Å². The fourth-order valence-corrected chi connectivity index (χ4v) is 1.25. The van der Waals surface area contributed by atoms with Gasteiger partial charge in [0.25, 0.3) is 0 Å². The molecule has 0 amide bonds. The Labute approximate surface area is 94.5 Å². The van der Waals surface area contributed by atoms with Crippen molar-refractivity contribution in [1.82, 2.24) is 0 Å². The minimum atomic E-state index is -0.884. The van der Waals surface area contributed by atoms with E-state index in [0.29, 0.717) is 12.2 Å². The van der Waals surface area contributed by atoms with Crippen molar-refractivity contribution >= 4 is 5.97 Å². The predicted octanol–water partition coefficient (Wildman–Crippen LogP) is 1.77. The zero-order valence-electron chi connectivity index (χ0n) is 9.22. The van der Waals surface area contributed by atoms with Crippen LogP contribution in [0.4, 0.5) is 0 Å². The monoisotopic (exact) mass is 224 g/mol. The Morgan fingerprint density at radius 1 is 1.38 bits per heavy atom. The summed E-state index contributed by atoms with van der Waals surface area (Å²) in [6, 6.07) is 6.09. The highest BCUT2D eigenvalue weighted by atomic mass is 16.5. The maximum absolute atomic E-state index is 11.2. The van der Waals surface area contributed by atoms with Crippen molar-refractivity contribution in [2.75, 3.05) is 6.61 Å². The van der Waals surface area contributed by atoms with Crippen LogP contribution in [0.2, 0.25) is 0 Å². The molecule has 0 aliphatic heterocycles. The van der Waals surface area contributed by atoms with Crippen LogP contribution >= 0.6 is 0 Å². The van der Waals surface area contributed by atoms with Crippen molar-refractivity contribution in [3.05, 3.63) is 29.8 Å². The van der Waals surface area contributed by atoms with Gasteiger partial charge in [-0.05, 0) is 24.1 Å². The number of hydrogen-bond acceptors (Lipinski definition) is 4. The average Bonchev–Trinajstić information content (AvgIpc) is 2.27. The summed E-state index contributed by atoms with van der Waals surface area (Å²) in [6.45, 7) is 2.28. The van der Waals surface area contributed by atoms with E-state index in [1.807, 2.05) is 6.92 Å². The lowest BCUT2D eigenvalue weighted by molar-refractivity contribution is -0.146. The molecular formula is C12H16O4. The summed E-state index contributed by atoms with van der Waals surface area (Å²) in [4.78, 5) is 11.2. The van der Waals surface area contributed by atoms with Crippen LogP contribution < -0.4 is 0 Å². The van der Waals surface area contributed by atoms with Crippen molar-refractivity contribution in [2.45, 2.75) is 25.9 Å². The molecule has 2 N–H and O–H groups in total. The van der Waals surface area contributed by atoms with Gasteiger partial charge in [0.1, 0.15) is 5.75 Å². The van der Waals surface area contributed by atoms with Gasteiger partial charge in [0, 0.05) is 0 Å². The molecule has 88 valence electrons. The first-order valence-corrected chi connectivity index (χ1v) is 5.26. The Bertz CT molecular complexity index is 331. The van der Waals surface area contributed by atoms with Crippen LogP contribution in [-0.4, -0.2) is 22.8 Å². The number of hydrogen-bond donors (Lipinski definition) is 2. The Morgan fingerprint density at radius 2 is 2.00 bits per heavy atom. The first-order chi connectivity index (χ1) is 7.63. The van der Waals surface area contributed by atoms with Crippen LogP contribution in [0.3, 0.4) is 0 Å². The van der Waals surface area contributed by atoms with Gasteiger partial charge in [-0.1, -0.05) is 19.1 Å². The number of carbonyl (C=O) groups excluding carboxylic acids is 1. The number of carbonyl (C=O) groups is 1. The molecule has 0 bridgehead atoms. The Hall–Kier alpha value is -1.55. The number of aliphatic hydroxyl groups excluding tert-OH is 1. The third kappa shape index (κ3) is 3.90. The molecule has 4 heteroatoms. The fraction of sp³-hybridized carbons (Fsp3) is 0.417. The quantitative estimate of drug-likeness (QED) is 0.748. The highest BCUT2D eigenvalue weighted by Gasteiger charge is 2.13. The van der Waals surface area contributed by atoms with Gasteiger partial charge in [0.05, 0.1) is 19.1 Å². The van der Waals surface area contributed by atoms with Gasteiger partial charge in [-0.15, -0.1) is 0 Å². The highest BCUT2D eigenvalue weighted by molar-refractivity contribution is 5.70. The predicted molar refractivity (Wildman–Crippen MR) is 58.9 cm³/mol.